The van der Waals surface area contributed by atoms with Gasteiger partial charge in [0.25, 0.3) is 5.91 Å². The lowest BCUT2D eigenvalue weighted by atomic mass is 10.1. The van der Waals surface area contributed by atoms with Gasteiger partial charge in [0, 0.05) is 42.0 Å². The molecule has 1 N–H and O–H groups in total. The van der Waals surface area contributed by atoms with Gasteiger partial charge in [0.1, 0.15) is 0 Å². The van der Waals surface area contributed by atoms with E-state index in [4.69, 9.17) is 0 Å². The second-order valence-corrected chi connectivity index (χ2v) is 7.40. The summed E-state index contributed by atoms with van der Waals surface area (Å²) in [6.45, 7) is 1.29. The molecule has 1 atom stereocenters. The Morgan fingerprint density at radius 2 is 1.88 bits per heavy atom. The van der Waals surface area contributed by atoms with Gasteiger partial charge >= 0.3 is 0 Å². The Balaban J connectivity index is 1.54. The third-order valence-corrected chi connectivity index (χ3v) is 5.38. The number of nitrogens with one attached hydrogen (secondary N) is 1. The number of thioether (sulfide) groups is 1. The first kappa shape index (κ1) is 18.5. The molecule has 3 rings (SSSR count). The maximum Gasteiger partial charge on any atom is 0.254 e. The van der Waals surface area contributed by atoms with E-state index in [9.17, 15) is 9.59 Å². The number of amides is 2. The van der Waals surface area contributed by atoms with Gasteiger partial charge in [-0.2, -0.15) is 0 Å². The molecule has 0 aliphatic carbocycles. The maximum atomic E-state index is 12.7. The Kier molecular flexibility index (Phi) is 6.66. The van der Waals surface area contributed by atoms with Crippen molar-refractivity contribution in [3.8, 4) is 0 Å². The summed E-state index contributed by atoms with van der Waals surface area (Å²) in [5.41, 5.74) is 0.645. The van der Waals surface area contributed by atoms with Crippen LogP contribution in [0.1, 0.15) is 29.6 Å². The van der Waals surface area contributed by atoms with Crippen molar-refractivity contribution in [3.05, 3.63) is 60.4 Å². The molecule has 0 saturated carbocycles. The highest BCUT2D eigenvalue weighted by atomic mass is 32.2. The van der Waals surface area contributed by atoms with E-state index in [1.54, 1.807) is 24.5 Å². The van der Waals surface area contributed by atoms with Crippen LogP contribution in [0, 0.1) is 0 Å². The number of likely N-dealkylation sites (tertiary alicyclic amines) is 1. The van der Waals surface area contributed by atoms with Crippen LogP contribution < -0.4 is 5.32 Å². The SMILES string of the molecule is O=C(CSc1ccccc1)N[C@@H]1CCCCN(C(=O)c2ccncc2)C1. The maximum absolute atomic E-state index is 12.7. The van der Waals surface area contributed by atoms with Gasteiger partial charge in [-0.05, 0) is 43.5 Å². The van der Waals surface area contributed by atoms with Crippen LogP contribution in [0.2, 0.25) is 0 Å². The number of aromatic nitrogens is 1. The molecule has 0 bridgehead atoms. The van der Waals surface area contributed by atoms with E-state index in [0.29, 0.717) is 17.9 Å². The van der Waals surface area contributed by atoms with Crippen molar-refractivity contribution in [2.45, 2.75) is 30.2 Å². The first-order valence-electron chi connectivity index (χ1n) is 8.89. The van der Waals surface area contributed by atoms with Crippen LogP contribution in [0.3, 0.4) is 0 Å². The Bertz CT molecular complexity index is 724. The number of nitrogens with zero attached hydrogens (tertiary/aromatic N) is 2. The minimum atomic E-state index is 0.00663. The smallest absolute Gasteiger partial charge is 0.254 e. The van der Waals surface area contributed by atoms with Crippen molar-refractivity contribution in [3.63, 3.8) is 0 Å². The monoisotopic (exact) mass is 369 g/mol. The van der Waals surface area contributed by atoms with Gasteiger partial charge < -0.3 is 10.2 Å². The molecule has 1 aliphatic rings. The van der Waals surface area contributed by atoms with Gasteiger partial charge in [0.15, 0.2) is 0 Å². The average Bonchev–Trinajstić information content (AvgIpc) is 2.93. The Morgan fingerprint density at radius 1 is 1.12 bits per heavy atom. The highest BCUT2D eigenvalue weighted by molar-refractivity contribution is 8.00. The normalized spacial score (nSPS) is 17.4. The zero-order chi connectivity index (χ0) is 18.2. The summed E-state index contributed by atoms with van der Waals surface area (Å²) >= 11 is 1.53. The minimum absolute atomic E-state index is 0.00663. The number of rotatable bonds is 5. The van der Waals surface area contributed by atoms with E-state index in [1.807, 2.05) is 35.2 Å². The molecule has 2 heterocycles. The molecule has 26 heavy (non-hydrogen) atoms. The van der Waals surface area contributed by atoms with Crippen molar-refractivity contribution in [2.24, 2.45) is 0 Å². The predicted octanol–water partition coefficient (Wildman–Crippen LogP) is 2.98. The third-order valence-electron chi connectivity index (χ3n) is 4.36. The second-order valence-electron chi connectivity index (χ2n) is 6.35. The van der Waals surface area contributed by atoms with E-state index < -0.39 is 0 Å². The molecule has 1 aromatic heterocycles. The van der Waals surface area contributed by atoms with E-state index >= 15 is 0 Å². The fraction of sp³-hybridized carbons (Fsp3) is 0.350. The van der Waals surface area contributed by atoms with Gasteiger partial charge in [-0.3, -0.25) is 14.6 Å². The van der Waals surface area contributed by atoms with E-state index in [-0.39, 0.29) is 17.9 Å². The third kappa shape index (κ3) is 5.33. The fourth-order valence-electron chi connectivity index (χ4n) is 3.06. The molecule has 2 amide bonds. The van der Waals surface area contributed by atoms with Crippen LogP contribution in [-0.4, -0.2) is 46.6 Å². The van der Waals surface area contributed by atoms with Crippen molar-refractivity contribution in [1.82, 2.24) is 15.2 Å². The van der Waals surface area contributed by atoms with Crippen LogP contribution in [0.5, 0.6) is 0 Å². The predicted molar refractivity (Wildman–Crippen MR) is 103 cm³/mol. The standard InChI is InChI=1S/C20H23N3O2S/c24-19(15-26-18-7-2-1-3-8-18)22-17-6-4-5-13-23(14-17)20(25)16-9-11-21-12-10-16/h1-3,7-12,17H,4-6,13-15H2,(H,22,24)/t17-/m1/s1. The molecule has 6 heteroatoms. The summed E-state index contributed by atoms with van der Waals surface area (Å²) in [4.78, 5) is 31.9. The van der Waals surface area contributed by atoms with Crippen molar-refractivity contribution in [1.29, 1.82) is 0 Å². The number of pyridine rings is 1. The fourth-order valence-corrected chi connectivity index (χ4v) is 3.79. The molecule has 5 nitrogen and oxygen atoms in total. The summed E-state index contributed by atoms with van der Waals surface area (Å²) in [5.74, 6) is 0.410. The Labute approximate surface area is 158 Å². The van der Waals surface area contributed by atoms with Gasteiger partial charge in [0.05, 0.1) is 5.75 Å². The topological polar surface area (TPSA) is 62.3 Å². The molecule has 136 valence electrons. The summed E-state index contributed by atoms with van der Waals surface area (Å²) < 4.78 is 0. The molecule has 0 unspecified atom stereocenters. The zero-order valence-electron chi connectivity index (χ0n) is 14.6. The molecule has 0 spiro atoms. The number of hydrogen-bond acceptors (Lipinski definition) is 4. The number of hydrogen-bond donors (Lipinski definition) is 1. The zero-order valence-corrected chi connectivity index (χ0v) is 15.5. The molecule has 1 aromatic carbocycles. The average molecular weight is 369 g/mol. The number of benzene rings is 1. The first-order valence-corrected chi connectivity index (χ1v) is 9.87. The van der Waals surface area contributed by atoms with Crippen LogP contribution >= 0.6 is 11.8 Å². The molecule has 0 radical (unpaired) electrons. The van der Waals surface area contributed by atoms with Crippen LogP contribution in [0.25, 0.3) is 0 Å². The minimum Gasteiger partial charge on any atom is -0.351 e. The lowest BCUT2D eigenvalue weighted by molar-refractivity contribution is -0.119. The van der Waals surface area contributed by atoms with E-state index in [1.165, 1.54) is 11.8 Å². The van der Waals surface area contributed by atoms with Crippen molar-refractivity contribution < 1.29 is 9.59 Å². The highest BCUT2D eigenvalue weighted by Crippen LogP contribution is 2.17. The van der Waals surface area contributed by atoms with Gasteiger partial charge in [-0.25, -0.2) is 0 Å². The first-order chi connectivity index (χ1) is 12.7. The summed E-state index contributed by atoms with van der Waals surface area (Å²) in [6.07, 6.45) is 6.14. The summed E-state index contributed by atoms with van der Waals surface area (Å²) in [7, 11) is 0. The lowest BCUT2D eigenvalue weighted by Gasteiger charge is -2.25. The number of carbonyl (C=O) groups excluding carboxylic acids is 2. The van der Waals surface area contributed by atoms with Crippen LogP contribution in [0.15, 0.2) is 59.8 Å². The molecule has 2 aromatic rings. The van der Waals surface area contributed by atoms with Crippen molar-refractivity contribution >= 4 is 23.6 Å². The summed E-state index contributed by atoms with van der Waals surface area (Å²) in [5, 5.41) is 3.10. The number of carbonyl (C=O) groups is 2. The summed E-state index contributed by atoms with van der Waals surface area (Å²) in [6, 6.07) is 13.4. The molecular formula is C20H23N3O2S. The molecular weight excluding hydrogens is 346 g/mol. The van der Waals surface area contributed by atoms with E-state index in [2.05, 4.69) is 10.3 Å². The van der Waals surface area contributed by atoms with Gasteiger partial charge in [-0.1, -0.05) is 18.2 Å². The van der Waals surface area contributed by atoms with Gasteiger partial charge in [0.2, 0.25) is 5.91 Å². The van der Waals surface area contributed by atoms with E-state index in [0.717, 1.165) is 30.7 Å². The second kappa shape index (κ2) is 9.38. The van der Waals surface area contributed by atoms with Gasteiger partial charge in [-0.15, -0.1) is 11.8 Å². The highest BCUT2D eigenvalue weighted by Gasteiger charge is 2.24. The largest absolute Gasteiger partial charge is 0.351 e. The molecule has 1 fully saturated rings. The van der Waals surface area contributed by atoms with Crippen molar-refractivity contribution in [2.75, 3.05) is 18.8 Å². The quantitative estimate of drug-likeness (QED) is 0.823. The Morgan fingerprint density at radius 3 is 2.65 bits per heavy atom. The molecule has 1 saturated heterocycles. The Hall–Kier alpha value is -2.34. The molecule has 1 aliphatic heterocycles. The van der Waals surface area contributed by atoms with Crippen LogP contribution in [0.4, 0.5) is 0 Å². The lowest BCUT2D eigenvalue weighted by Crippen LogP contribution is -2.45. The van der Waals surface area contributed by atoms with Crippen LogP contribution in [-0.2, 0) is 4.79 Å².